The van der Waals surface area contributed by atoms with Crippen molar-refractivity contribution in [2.24, 2.45) is 12.0 Å². The molecule has 0 radical (unpaired) electrons. The smallest absolute Gasteiger partial charge is 0.255 e. The van der Waals surface area contributed by atoms with Gasteiger partial charge < -0.3 is 9.72 Å². The second-order valence-electron chi connectivity index (χ2n) is 7.28. The van der Waals surface area contributed by atoms with Crippen LogP contribution in [0.5, 0.6) is 5.88 Å². The first-order valence-electron chi connectivity index (χ1n) is 9.51. The largest absolute Gasteiger partial charge is 0.481 e. The van der Waals surface area contributed by atoms with Gasteiger partial charge in [-0.25, -0.2) is 9.67 Å². The van der Waals surface area contributed by atoms with Crippen molar-refractivity contribution in [1.29, 1.82) is 0 Å². The molecule has 0 bridgehead atoms. The van der Waals surface area contributed by atoms with Crippen LogP contribution in [-0.2, 0) is 26.6 Å². The van der Waals surface area contributed by atoms with Crippen LogP contribution in [-0.4, -0.2) is 50.6 Å². The number of nitrogens with zero attached hydrogens (tertiary/aromatic N) is 5. The van der Waals surface area contributed by atoms with Crippen molar-refractivity contribution in [1.82, 2.24) is 24.6 Å². The summed E-state index contributed by atoms with van der Waals surface area (Å²) in [6, 6.07) is 0. The normalized spacial score (nSPS) is 17.5. The lowest BCUT2D eigenvalue weighted by molar-refractivity contribution is 0.236. The fourth-order valence-corrected chi connectivity index (χ4v) is 3.98. The quantitative estimate of drug-likeness (QED) is 0.878. The number of nitrogens with one attached hydrogen (secondary N) is 1. The summed E-state index contributed by atoms with van der Waals surface area (Å²) < 4.78 is 7.25. The third-order valence-corrected chi connectivity index (χ3v) is 5.41. The van der Waals surface area contributed by atoms with Crippen LogP contribution in [0.25, 0.3) is 0 Å². The van der Waals surface area contributed by atoms with E-state index in [2.05, 4.69) is 20.0 Å². The molecule has 4 rings (SSSR count). The van der Waals surface area contributed by atoms with Gasteiger partial charge in [0.05, 0.1) is 35.3 Å². The van der Waals surface area contributed by atoms with Crippen LogP contribution in [0.15, 0.2) is 9.79 Å². The van der Waals surface area contributed by atoms with Crippen LogP contribution in [0.1, 0.15) is 47.6 Å². The molecule has 2 aliphatic rings. The highest BCUT2D eigenvalue weighted by molar-refractivity contribution is 5.97. The van der Waals surface area contributed by atoms with Crippen LogP contribution < -0.4 is 10.3 Å². The number of hydrogen-bond acceptors (Lipinski definition) is 6. The topological polar surface area (TPSA) is 88.4 Å². The highest BCUT2D eigenvalue weighted by Gasteiger charge is 2.25. The number of ether oxygens (including phenoxy) is 1. The summed E-state index contributed by atoms with van der Waals surface area (Å²) in [5.41, 5.74) is 4.61. The molecule has 0 unspecified atom stereocenters. The lowest BCUT2D eigenvalue weighted by Crippen LogP contribution is -2.36. The second-order valence-corrected chi connectivity index (χ2v) is 7.28. The van der Waals surface area contributed by atoms with Gasteiger partial charge in [0, 0.05) is 39.6 Å². The lowest BCUT2D eigenvalue weighted by atomic mass is 10.0. The van der Waals surface area contributed by atoms with Gasteiger partial charge in [0.1, 0.15) is 0 Å². The Balaban J connectivity index is 1.57. The van der Waals surface area contributed by atoms with Crippen molar-refractivity contribution in [2.45, 2.75) is 45.7 Å². The zero-order valence-corrected chi connectivity index (χ0v) is 16.2. The average molecular weight is 370 g/mol. The molecule has 0 aliphatic carbocycles. The third-order valence-electron chi connectivity index (χ3n) is 5.41. The fourth-order valence-electron chi connectivity index (χ4n) is 3.98. The number of aromatic nitrogens is 4. The van der Waals surface area contributed by atoms with E-state index in [1.54, 1.807) is 11.8 Å². The molecule has 0 saturated heterocycles. The third kappa shape index (κ3) is 3.41. The summed E-state index contributed by atoms with van der Waals surface area (Å²) in [5.74, 6) is 1.44. The molecule has 8 nitrogen and oxygen atoms in total. The van der Waals surface area contributed by atoms with Gasteiger partial charge in [-0.15, -0.1) is 0 Å². The Kier molecular flexibility index (Phi) is 4.82. The van der Waals surface area contributed by atoms with Crippen LogP contribution in [0, 0.1) is 6.92 Å². The minimum Gasteiger partial charge on any atom is -0.481 e. The Morgan fingerprint density at radius 2 is 2.11 bits per heavy atom. The van der Waals surface area contributed by atoms with Gasteiger partial charge in [-0.3, -0.25) is 14.7 Å². The lowest BCUT2D eigenvalue weighted by Gasteiger charge is -2.28. The van der Waals surface area contributed by atoms with Crippen LogP contribution in [0.4, 0.5) is 0 Å². The van der Waals surface area contributed by atoms with E-state index < -0.39 is 0 Å². The molecule has 2 aromatic rings. The summed E-state index contributed by atoms with van der Waals surface area (Å²) in [5, 5.41) is 4.44. The number of hydrogen-bond donors (Lipinski definition) is 1. The number of methoxy groups -OCH3 is 1. The van der Waals surface area contributed by atoms with Crippen molar-refractivity contribution in [3.8, 4) is 5.88 Å². The van der Waals surface area contributed by atoms with E-state index in [9.17, 15) is 4.79 Å². The van der Waals surface area contributed by atoms with E-state index in [1.165, 1.54) is 0 Å². The number of aliphatic imine (C=N–C) groups is 1. The number of H-pyrrole nitrogens is 1. The van der Waals surface area contributed by atoms with Gasteiger partial charge >= 0.3 is 0 Å². The van der Waals surface area contributed by atoms with Crippen molar-refractivity contribution in [3.05, 3.63) is 38.7 Å². The van der Waals surface area contributed by atoms with E-state index in [4.69, 9.17) is 9.72 Å². The molecule has 144 valence electrons. The molecule has 0 amide bonds. The zero-order chi connectivity index (χ0) is 19.0. The molecule has 0 spiro atoms. The van der Waals surface area contributed by atoms with E-state index in [1.807, 2.05) is 14.0 Å². The van der Waals surface area contributed by atoms with Crippen LogP contribution in [0.3, 0.4) is 0 Å². The Bertz CT molecular complexity index is 942. The number of aromatic amines is 1. The highest BCUT2D eigenvalue weighted by atomic mass is 16.5. The fraction of sp³-hybridized carbons (Fsp3) is 0.579. The molecule has 2 aromatic heterocycles. The molecular weight excluding hydrogens is 344 g/mol. The predicted molar refractivity (Wildman–Crippen MR) is 102 cm³/mol. The Hall–Kier alpha value is -2.48. The predicted octanol–water partition coefficient (Wildman–Crippen LogP) is 1.35. The maximum atomic E-state index is 12.7. The summed E-state index contributed by atoms with van der Waals surface area (Å²) in [6.07, 6.45) is 3.89. The molecule has 0 fully saturated rings. The van der Waals surface area contributed by atoms with Crippen molar-refractivity contribution >= 4 is 5.71 Å². The number of fused-ring (bicyclic) bond motifs is 1. The monoisotopic (exact) mass is 370 g/mol. The van der Waals surface area contributed by atoms with E-state index in [0.717, 1.165) is 72.9 Å². The van der Waals surface area contributed by atoms with Crippen molar-refractivity contribution in [3.63, 3.8) is 0 Å². The molecule has 0 aromatic carbocycles. The molecule has 8 heteroatoms. The molecule has 4 heterocycles. The standard InChI is InChI=1S/C19H26N6O2/c1-12-13(19(27-3)24(2)23-12)10-25-9-7-15-14(11-25)18(26)22-17(21-15)16-6-4-5-8-20-16/h4-11H2,1-3H3,(H,21,22,26). The summed E-state index contributed by atoms with van der Waals surface area (Å²) in [7, 11) is 3.54. The minimum atomic E-state index is -0.0390. The van der Waals surface area contributed by atoms with Gasteiger partial charge in [0.15, 0.2) is 5.82 Å². The van der Waals surface area contributed by atoms with Crippen molar-refractivity contribution in [2.75, 3.05) is 20.2 Å². The van der Waals surface area contributed by atoms with Gasteiger partial charge in [-0.05, 0) is 26.2 Å². The molecule has 27 heavy (non-hydrogen) atoms. The molecule has 0 saturated carbocycles. The van der Waals surface area contributed by atoms with Crippen LogP contribution >= 0.6 is 0 Å². The van der Waals surface area contributed by atoms with E-state index in [-0.39, 0.29) is 5.56 Å². The Morgan fingerprint density at radius 1 is 1.26 bits per heavy atom. The maximum Gasteiger partial charge on any atom is 0.255 e. The number of rotatable bonds is 4. The Morgan fingerprint density at radius 3 is 2.85 bits per heavy atom. The first kappa shape index (κ1) is 17.9. The second kappa shape index (κ2) is 7.26. The summed E-state index contributed by atoms with van der Waals surface area (Å²) in [6.45, 7) is 4.96. The number of aryl methyl sites for hydroxylation is 2. The van der Waals surface area contributed by atoms with Gasteiger partial charge in [0.2, 0.25) is 5.88 Å². The summed E-state index contributed by atoms with van der Waals surface area (Å²) in [4.78, 5) is 27.2. The van der Waals surface area contributed by atoms with Crippen LogP contribution in [0.2, 0.25) is 0 Å². The first-order chi connectivity index (χ1) is 13.1. The minimum absolute atomic E-state index is 0.0390. The van der Waals surface area contributed by atoms with Gasteiger partial charge in [0.25, 0.3) is 5.56 Å². The average Bonchev–Trinajstić information content (AvgIpc) is 2.95. The van der Waals surface area contributed by atoms with E-state index in [0.29, 0.717) is 18.9 Å². The molecule has 0 atom stereocenters. The molecule has 1 N–H and O–H groups in total. The maximum absolute atomic E-state index is 12.7. The van der Waals surface area contributed by atoms with Gasteiger partial charge in [-0.2, -0.15) is 5.10 Å². The molecule has 2 aliphatic heterocycles. The first-order valence-corrected chi connectivity index (χ1v) is 9.51. The summed E-state index contributed by atoms with van der Waals surface area (Å²) >= 11 is 0. The van der Waals surface area contributed by atoms with E-state index >= 15 is 0 Å². The van der Waals surface area contributed by atoms with Crippen molar-refractivity contribution < 1.29 is 4.74 Å². The highest BCUT2D eigenvalue weighted by Crippen LogP contribution is 2.25. The zero-order valence-electron chi connectivity index (χ0n) is 16.2. The SMILES string of the molecule is COc1c(CN2CCc3nc(C4=NCCCC4)[nH]c(=O)c3C2)c(C)nn1C. The van der Waals surface area contributed by atoms with Gasteiger partial charge in [-0.1, -0.05) is 0 Å². The Labute approximate surface area is 158 Å². The molecular formula is C19H26N6O2.